The summed E-state index contributed by atoms with van der Waals surface area (Å²) in [5, 5.41) is 3.05. The largest absolute Gasteiger partial charge is 0.376 e. The van der Waals surface area contributed by atoms with Gasteiger partial charge in [0.2, 0.25) is 0 Å². The second kappa shape index (κ2) is 7.46. The molecule has 1 aliphatic rings. The quantitative estimate of drug-likeness (QED) is 0.920. The Morgan fingerprint density at radius 3 is 2.90 bits per heavy atom. The van der Waals surface area contributed by atoms with Crippen LogP contribution in [0.25, 0.3) is 0 Å². The van der Waals surface area contributed by atoms with Crippen LogP contribution in [0.1, 0.15) is 37.3 Å². The number of hydrogen-bond acceptors (Lipinski definition) is 2. The molecule has 21 heavy (non-hydrogen) atoms. The lowest BCUT2D eigenvalue weighted by Crippen LogP contribution is -2.39. The maximum atomic E-state index is 12.4. The van der Waals surface area contributed by atoms with Crippen LogP contribution in [0.2, 0.25) is 0 Å². The number of anilines is 1. The van der Waals surface area contributed by atoms with Crippen LogP contribution in [0.4, 0.5) is 10.5 Å². The molecule has 4 nitrogen and oxygen atoms in total. The molecule has 0 spiro atoms. The van der Waals surface area contributed by atoms with Gasteiger partial charge < -0.3 is 15.0 Å². The third-order valence-corrected chi connectivity index (χ3v) is 4.07. The molecule has 2 rings (SSSR count). The molecule has 1 atom stereocenters. The molecular formula is C17H26N2O2. The van der Waals surface area contributed by atoms with Crippen molar-refractivity contribution in [1.82, 2.24) is 4.90 Å². The third-order valence-electron chi connectivity index (χ3n) is 4.07. The zero-order valence-corrected chi connectivity index (χ0v) is 13.3. The molecule has 0 aromatic heterocycles. The first kappa shape index (κ1) is 15.8. The van der Waals surface area contributed by atoms with Crippen LogP contribution < -0.4 is 5.32 Å². The summed E-state index contributed by atoms with van der Waals surface area (Å²) in [6, 6.07) is 6.06. The molecule has 2 amide bonds. The Labute approximate surface area is 127 Å². The second-order valence-electron chi connectivity index (χ2n) is 5.76. The van der Waals surface area contributed by atoms with Crippen LogP contribution in [0, 0.1) is 6.92 Å². The molecule has 1 unspecified atom stereocenters. The number of benzene rings is 1. The van der Waals surface area contributed by atoms with E-state index in [1.165, 1.54) is 12.0 Å². The fourth-order valence-electron chi connectivity index (χ4n) is 2.74. The highest BCUT2D eigenvalue weighted by Crippen LogP contribution is 2.21. The summed E-state index contributed by atoms with van der Waals surface area (Å²) in [6.45, 7) is 5.60. The number of nitrogens with zero attached hydrogens (tertiary/aromatic N) is 1. The van der Waals surface area contributed by atoms with Crippen molar-refractivity contribution in [2.75, 3.05) is 25.5 Å². The Kier molecular flexibility index (Phi) is 5.62. The third kappa shape index (κ3) is 4.21. The van der Waals surface area contributed by atoms with Crippen molar-refractivity contribution < 1.29 is 9.53 Å². The molecule has 0 saturated carbocycles. The standard InChI is InChI=1S/C17H26N2O2/c1-4-14-9-7-8-13(2)16(14)18-17(20)19(3)12-15-10-5-6-11-21-15/h7-9,15H,4-6,10-12H2,1-3H3,(H,18,20). The summed E-state index contributed by atoms with van der Waals surface area (Å²) in [5.74, 6) is 0. The van der Waals surface area contributed by atoms with E-state index in [9.17, 15) is 4.79 Å². The number of nitrogens with one attached hydrogen (secondary N) is 1. The molecule has 0 bridgehead atoms. The molecule has 0 aliphatic carbocycles. The molecule has 1 saturated heterocycles. The van der Waals surface area contributed by atoms with Crippen molar-refractivity contribution in [1.29, 1.82) is 0 Å². The van der Waals surface area contributed by atoms with Crippen molar-refractivity contribution in [3.05, 3.63) is 29.3 Å². The van der Waals surface area contributed by atoms with E-state index in [4.69, 9.17) is 4.74 Å². The summed E-state index contributed by atoms with van der Waals surface area (Å²) in [5.41, 5.74) is 3.22. The maximum Gasteiger partial charge on any atom is 0.321 e. The molecule has 1 heterocycles. The van der Waals surface area contributed by atoms with Gasteiger partial charge in [-0.25, -0.2) is 4.79 Å². The summed E-state index contributed by atoms with van der Waals surface area (Å²) < 4.78 is 5.70. The minimum absolute atomic E-state index is 0.0619. The highest BCUT2D eigenvalue weighted by Gasteiger charge is 2.19. The van der Waals surface area contributed by atoms with E-state index in [2.05, 4.69) is 18.3 Å². The normalized spacial score (nSPS) is 18.3. The zero-order chi connectivity index (χ0) is 15.2. The number of hydrogen-bond donors (Lipinski definition) is 1. The molecule has 1 aliphatic heterocycles. The Morgan fingerprint density at radius 1 is 1.43 bits per heavy atom. The van der Waals surface area contributed by atoms with Gasteiger partial charge in [0.05, 0.1) is 6.10 Å². The van der Waals surface area contributed by atoms with Gasteiger partial charge in [-0.2, -0.15) is 0 Å². The van der Waals surface area contributed by atoms with Crippen LogP contribution in [0.3, 0.4) is 0 Å². The number of aryl methyl sites for hydroxylation is 2. The first-order valence-electron chi connectivity index (χ1n) is 7.84. The topological polar surface area (TPSA) is 41.6 Å². The molecule has 0 radical (unpaired) electrons. The molecule has 1 aromatic carbocycles. The average molecular weight is 290 g/mol. The van der Waals surface area contributed by atoms with Crippen molar-refractivity contribution in [2.45, 2.75) is 45.6 Å². The lowest BCUT2D eigenvalue weighted by molar-refractivity contribution is 0.00463. The molecule has 116 valence electrons. The van der Waals surface area contributed by atoms with Crippen molar-refractivity contribution in [2.24, 2.45) is 0 Å². The van der Waals surface area contributed by atoms with Crippen LogP contribution in [-0.4, -0.2) is 37.2 Å². The number of para-hydroxylation sites is 1. The van der Waals surface area contributed by atoms with Crippen molar-refractivity contribution in [3.8, 4) is 0 Å². The number of rotatable bonds is 4. The first-order chi connectivity index (χ1) is 10.1. The van der Waals surface area contributed by atoms with E-state index in [0.717, 1.165) is 37.1 Å². The lowest BCUT2D eigenvalue weighted by atomic mass is 10.1. The second-order valence-corrected chi connectivity index (χ2v) is 5.76. The smallest absolute Gasteiger partial charge is 0.321 e. The van der Waals surface area contributed by atoms with E-state index in [1.54, 1.807) is 4.90 Å². The van der Waals surface area contributed by atoms with Crippen LogP contribution in [0.5, 0.6) is 0 Å². The van der Waals surface area contributed by atoms with E-state index in [1.807, 2.05) is 26.1 Å². The predicted octanol–water partition coefficient (Wildman–Crippen LogP) is 3.59. The number of urea groups is 1. The van der Waals surface area contributed by atoms with Gasteiger partial charge >= 0.3 is 6.03 Å². The number of carbonyl (C=O) groups excluding carboxylic acids is 1. The van der Waals surface area contributed by atoms with Gasteiger partial charge in [-0.1, -0.05) is 25.1 Å². The van der Waals surface area contributed by atoms with Crippen molar-refractivity contribution in [3.63, 3.8) is 0 Å². The van der Waals surface area contributed by atoms with Gasteiger partial charge in [0.25, 0.3) is 0 Å². The number of carbonyl (C=O) groups is 1. The minimum Gasteiger partial charge on any atom is -0.376 e. The van der Waals surface area contributed by atoms with Gasteiger partial charge in [0.1, 0.15) is 0 Å². The number of likely N-dealkylation sites (N-methyl/N-ethyl adjacent to an activating group) is 1. The molecule has 1 aromatic rings. The van der Waals surface area contributed by atoms with E-state index in [-0.39, 0.29) is 12.1 Å². The summed E-state index contributed by atoms with van der Waals surface area (Å²) in [4.78, 5) is 14.1. The Bertz CT molecular complexity index is 482. The zero-order valence-electron chi connectivity index (χ0n) is 13.3. The minimum atomic E-state index is -0.0619. The first-order valence-corrected chi connectivity index (χ1v) is 7.84. The van der Waals surface area contributed by atoms with Gasteiger partial charge in [-0.05, 0) is 43.7 Å². The van der Waals surface area contributed by atoms with Gasteiger partial charge in [0.15, 0.2) is 0 Å². The van der Waals surface area contributed by atoms with E-state index < -0.39 is 0 Å². The Hall–Kier alpha value is -1.55. The SMILES string of the molecule is CCc1cccc(C)c1NC(=O)N(C)CC1CCCCO1. The van der Waals surface area contributed by atoms with E-state index in [0.29, 0.717) is 6.54 Å². The summed E-state index contributed by atoms with van der Waals surface area (Å²) >= 11 is 0. The fraction of sp³-hybridized carbons (Fsp3) is 0.588. The summed E-state index contributed by atoms with van der Waals surface area (Å²) in [6.07, 6.45) is 4.46. The van der Waals surface area contributed by atoms with Crippen molar-refractivity contribution >= 4 is 11.7 Å². The predicted molar refractivity (Wildman–Crippen MR) is 85.8 cm³/mol. The highest BCUT2D eigenvalue weighted by atomic mass is 16.5. The molecule has 1 fully saturated rings. The van der Waals surface area contributed by atoms with Gasteiger partial charge in [-0.3, -0.25) is 0 Å². The Morgan fingerprint density at radius 2 is 2.24 bits per heavy atom. The molecule has 4 heteroatoms. The molecule has 1 N–H and O–H groups in total. The van der Waals surface area contributed by atoms with Crippen LogP contribution >= 0.6 is 0 Å². The monoisotopic (exact) mass is 290 g/mol. The maximum absolute atomic E-state index is 12.4. The summed E-state index contributed by atoms with van der Waals surface area (Å²) in [7, 11) is 1.83. The number of amides is 2. The molecular weight excluding hydrogens is 264 g/mol. The number of ether oxygens (including phenoxy) is 1. The van der Waals surface area contributed by atoms with Gasteiger partial charge in [0, 0.05) is 25.9 Å². The fourth-order valence-corrected chi connectivity index (χ4v) is 2.74. The average Bonchev–Trinajstić information content (AvgIpc) is 2.50. The Balaban J connectivity index is 1.97. The van der Waals surface area contributed by atoms with Crippen LogP contribution in [0.15, 0.2) is 18.2 Å². The lowest BCUT2D eigenvalue weighted by Gasteiger charge is -2.28. The van der Waals surface area contributed by atoms with E-state index >= 15 is 0 Å². The van der Waals surface area contributed by atoms with Crippen LogP contribution in [-0.2, 0) is 11.2 Å². The van der Waals surface area contributed by atoms with Gasteiger partial charge in [-0.15, -0.1) is 0 Å². The highest BCUT2D eigenvalue weighted by molar-refractivity contribution is 5.91.